The molecule has 6 heteroatoms. The minimum atomic E-state index is -0.390. The van der Waals surface area contributed by atoms with Gasteiger partial charge in [-0.25, -0.2) is 9.37 Å². The molecule has 3 rings (SSSR count). The summed E-state index contributed by atoms with van der Waals surface area (Å²) < 4.78 is 20.6. The molecule has 0 fully saturated rings. The summed E-state index contributed by atoms with van der Waals surface area (Å²) in [5.41, 5.74) is 1.48. The van der Waals surface area contributed by atoms with E-state index in [0.29, 0.717) is 34.3 Å². The monoisotopic (exact) mass is 386 g/mol. The fraction of sp³-hybridized carbons (Fsp3) is 0.333. The van der Waals surface area contributed by atoms with Gasteiger partial charge in [0.15, 0.2) is 16.7 Å². The molecule has 1 aromatic heterocycles. The van der Waals surface area contributed by atoms with Crippen molar-refractivity contribution in [1.82, 2.24) is 9.55 Å². The first kappa shape index (κ1) is 19.4. The zero-order valence-corrected chi connectivity index (χ0v) is 16.6. The van der Waals surface area contributed by atoms with E-state index in [2.05, 4.69) is 13.8 Å². The maximum absolute atomic E-state index is 13.9. The molecule has 0 spiro atoms. The number of nitrogens with zero attached hydrogens (tertiary/aromatic N) is 2. The summed E-state index contributed by atoms with van der Waals surface area (Å²) in [6, 6.07) is 12.3. The van der Waals surface area contributed by atoms with E-state index >= 15 is 0 Å². The molecule has 3 aromatic rings. The Morgan fingerprint density at radius 1 is 1.22 bits per heavy atom. The largest absolute Gasteiger partial charge is 0.494 e. The van der Waals surface area contributed by atoms with Crippen molar-refractivity contribution < 1.29 is 9.13 Å². The molecule has 1 heterocycles. The van der Waals surface area contributed by atoms with Crippen LogP contribution in [0.4, 0.5) is 4.39 Å². The molecule has 0 bridgehead atoms. The normalized spacial score (nSPS) is 11.3. The number of thioether (sulfide) groups is 1. The van der Waals surface area contributed by atoms with Gasteiger partial charge in [-0.3, -0.25) is 9.36 Å². The van der Waals surface area contributed by atoms with E-state index in [1.54, 1.807) is 10.6 Å². The molecule has 27 heavy (non-hydrogen) atoms. The summed E-state index contributed by atoms with van der Waals surface area (Å²) >= 11 is 1.45. The van der Waals surface area contributed by atoms with Crippen molar-refractivity contribution in [2.24, 2.45) is 5.92 Å². The average Bonchev–Trinajstić information content (AvgIpc) is 2.65. The minimum absolute atomic E-state index is 0.0235. The number of ether oxygens (including phenoxy) is 1. The van der Waals surface area contributed by atoms with Gasteiger partial charge in [0.1, 0.15) is 0 Å². The third-order valence-electron chi connectivity index (χ3n) is 4.34. The number of hydrogen-bond donors (Lipinski definition) is 0. The topological polar surface area (TPSA) is 44.1 Å². The molecule has 0 aliphatic rings. The molecule has 2 aromatic carbocycles. The Labute approximate surface area is 162 Å². The number of hydrogen-bond acceptors (Lipinski definition) is 4. The zero-order chi connectivity index (χ0) is 19.4. The van der Waals surface area contributed by atoms with Crippen LogP contribution in [-0.4, -0.2) is 16.7 Å². The predicted molar refractivity (Wildman–Crippen MR) is 108 cm³/mol. The van der Waals surface area contributed by atoms with Crippen LogP contribution in [-0.2, 0) is 12.3 Å². The van der Waals surface area contributed by atoms with Gasteiger partial charge in [-0.2, -0.15) is 0 Å². The number of aromatic nitrogens is 2. The summed E-state index contributed by atoms with van der Waals surface area (Å²) in [6.45, 7) is 4.88. The van der Waals surface area contributed by atoms with Crippen molar-refractivity contribution >= 4 is 22.7 Å². The standard InChI is InChI=1S/C21H23FN2O2S/c1-14(2)10-11-24-20(25)16-6-4-5-7-18(16)23-21(24)27-13-15-8-9-19(26-3)17(22)12-15/h4-9,12,14H,10-11,13H2,1-3H3. The molecular weight excluding hydrogens is 363 g/mol. The fourth-order valence-electron chi connectivity index (χ4n) is 2.79. The number of rotatable bonds is 7. The molecule has 0 radical (unpaired) electrons. The summed E-state index contributed by atoms with van der Waals surface area (Å²) in [6.07, 6.45) is 0.894. The Kier molecular flexibility index (Phi) is 6.16. The molecule has 0 saturated heterocycles. The number of benzene rings is 2. The third-order valence-corrected chi connectivity index (χ3v) is 5.39. The highest BCUT2D eigenvalue weighted by molar-refractivity contribution is 7.98. The van der Waals surface area contributed by atoms with Crippen LogP contribution in [0, 0.1) is 11.7 Å². The Hall–Kier alpha value is -2.34. The zero-order valence-electron chi connectivity index (χ0n) is 15.7. The molecule has 142 valence electrons. The summed E-state index contributed by atoms with van der Waals surface area (Å²) in [7, 11) is 1.44. The van der Waals surface area contributed by atoms with Gasteiger partial charge in [0.25, 0.3) is 5.56 Å². The quantitative estimate of drug-likeness (QED) is 0.429. The second-order valence-corrected chi connectivity index (χ2v) is 7.75. The first-order valence-corrected chi connectivity index (χ1v) is 9.93. The van der Waals surface area contributed by atoms with E-state index in [1.165, 1.54) is 24.9 Å². The molecule has 0 atom stereocenters. The van der Waals surface area contributed by atoms with Gasteiger partial charge < -0.3 is 4.74 Å². The minimum Gasteiger partial charge on any atom is -0.494 e. The third kappa shape index (κ3) is 4.50. The molecule has 4 nitrogen and oxygen atoms in total. The Balaban J connectivity index is 1.93. The van der Waals surface area contributed by atoms with Crippen molar-refractivity contribution in [3.8, 4) is 5.75 Å². The lowest BCUT2D eigenvalue weighted by atomic mass is 10.1. The van der Waals surface area contributed by atoms with E-state index in [9.17, 15) is 9.18 Å². The lowest BCUT2D eigenvalue weighted by Crippen LogP contribution is -2.24. The van der Waals surface area contributed by atoms with E-state index in [0.717, 1.165) is 12.0 Å². The van der Waals surface area contributed by atoms with Crippen molar-refractivity contribution in [2.75, 3.05) is 7.11 Å². The van der Waals surface area contributed by atoms with Crippen LogP contribution in [0.25, 0.3) is 10.9 Å². The number of halogens is 1. The van der Waals surface area contributed by atoms with Gasteiger partial charge in [0.05, 0.1) is 18.0 Å². The molecule has 0 unspecified atom stereocenters. The van der Waals surface area contributed by atoms with Gasteiger partial charge in [0.2, 0.25) is 0 Å². The van der Waals surface area contributed by atoms with E-state index in [-0.39, 0.29) is 17.1 Å². The highest BCUT2D eigenvalue weighted by Gasteiger charge is 2.13. The van der Waals surface area contributed by atoms with Gasteiger partial charge in [-0.05, 0) is 42.2 Å². The van der Waals surface area contributed by atoms with Crippen molar-refractivity contribution in [1.29, 1.82) is 0 Å². The van der Waals surface area contributed by atoms with E-state index in [4.69, 9.17) is 9.72 Å². The first-order valence-electron chi connectivity index (χ1n) is 8.94. The van der Waals surface area contributed by atoms with Crippen LogP contribution in [0.3, 0.4) is 0 Å². The molecule has 0 aliphatic heterocycles. The molecule has 0 amide bonds. The SMILES string of the molecule is COc1ccc(CSc2nc3ccccc3c(=O)n2CCC(C)C)cc1F. The lowest BCUT2D eigenvalue weighted by Gasteiger charge is -2.14. The Bertz CT molecular complexity index is 1000. The molecule has 0 N–H and O–H groups in total. The van der Waals surface area contributed by atoms with Crippen molar-refractivity contribution in [3.05, 3.63) is 64.2 Å². The van der Waals surface area contributed by atoms with Crippen molar-refractivity contribution in [2.45, 2.75) is 37.7 Å². The highest BCUT2D eigenvalue weighted by Crippen LogP contribution is 2.25. The fourth-order valence-corrected chi connectivity index (χ4v) is 3.76. The van der Waals surface area contributed by atoms with Gasteiger partial charge in [-0.1, -0.05) is 43.8 Å². The highest BCUT2D eigenvalue weighted by atomic mass is 32.2. The Morgan fingerprint density at radius 2 is 2.00 bits per heavy atom. The smallest absolute Gasteiger partial charge is 0.262 e. The predicted octanol–water partition coefficient (Wildman–Crippen LogP) is 4.88. The molecular formula is C21H23FN2O2S. The second-order valence-electron chi connectivity index (χ2n) is 6.81. The maximum atomic E-state index is 13.9. The van der Waals surface area contributed by atoms with Crippen LogP contribution in [0.2, 0.25) is 0 Å². The Morgan fingerprint density at radius 3 is 2.70 bits per heavy atom. The van der Waals surface area contributed by atoms with Gasteiger partial charge >= 0.3 is 0 Å². The maximum Gasteiger partial charge on any atom is 0.262 e. The van der Waals surface area contributed by atoms with Crippen LogP contribution in [0.5, 0.6) is 5.75 Å². The average molecular weight is 386 g/mol. The lowest BCUT2D eigenvalue weighted by molar-refractivity contribution is 0.386. The van der Waals surface area contributed by atoms with Crippen LogP contribution >= 0.6 is 11.8 Å². The second kappa shape index (κ2) is 8.57. The number of para-hydroxylation sites is 1. The summed E-state index contributed by atoms with van der Waals surface area (Å²) in [5.74, 6) is 0.838. The van der Waals surface area contributed by atoms with Gasteiger partial charge in [-0.15, -0.1) is 0 Å². The van der Waals surface area contributed by atoms with Crippen LogP contribution in [0.1, 0.15) is 25.8 Å². The summed E-state index contributed by atoms with van der Waals surface area (Å²) in [4.78, 5) is 17.6. The molecule has 0 aliphatic carbocycles. The molecule has 0 saturated carbocycles. The van der Waals surface area contributed by atoms with Gasteiger partial charge in [0, 0.05) is 12.3 Å². The number of methoxy groups -OCH3 is 1. The van der Waals surface area contributed by atoms with Crippen LogP contribution < -0.4 is 10.3 Å². The first-order chi connectivity index (χ1) is 13.0. The number of fused-ring (bicyclic) bond motifs is 1. The van der Waals surface area contributed by atoms with E-state index in [1.807, 2.05) is 30.3 Å². The summed E-state index contributed by atoms with van der Waals surface area (Å²) in [5, 5.41) is 1.29. The van der Waals surface area contributed by atoms with Crippen molar-refractivity contribution in [3.63, 3.8) is 0 Å². The van der Waals surface area contributed by atoms with Crippen LogP contribution in [0.15, 0.2) is 52.4 Å². The van der Waals surface area contributed by atoms with E-state index < -0.39 is 0 Å².